The molecule has 0 spiro atoms. The van der Waals surface area contributed by atoms with E-state index in [2.05, 4.69) is 9.98 Å². The third-order valence-corrected chi connectivity index (χ3v) is 5.12. The number of rotatable bonds is 4. The zero-order valence-electron chi connectivity index (χ0n) is 16.0. The van der Waals surface area contributed by atoms with E-state index in [1.54, 1.807) is 24.3 Å². The quantitative estimate of drug-likeness (QED) is 0.694. The number of carbonyl (C=O) groups is 1. The molecule has 1 atom stereocenters. The fraction of sp³-hybridized carbons (Fsp3) is 0.136. The van der Waals surface area contributed by atoms with Crippen LogP contribution in [0.4, 0.5) is 8.78 Å². The highest BCUT2D eigenvalue weighted by Crippen LogP contribution is 2.41. The molecule has 0 saturated carbocycles. The Morgan fingerprint density at radius 1 is 1.13 bits per heavy atom. The van der Waals surface area contributed by atoms with E-state index in [4.69, 9.17) is 5.73 Å². The molecule has 1 aliphatic heterocycles. The zero-order valence-corrected chi connectivity index (χ0v) is 16.0. The number of hydrogen-bond acceptors (Lipinski definition) is 5. The molecule has 0 radical (unpaired) electrons. The standard InChI is InChI=1S/C22H18F2N4O2/c1-28-20(30)22(27-21(28)25,19-4-2-3-16(12-23)26-19)14-7-10-18(29)17(11-14)13-5-8-15(24)9-6-13/h2-11,29H,12H2,1H3,(H2,25,27). The number of halogens is 2. The first-order valence-electron chi connectivity index (χ1n) is 9.12. The van der Waals surface area contributed by atoms with Crippen LogP contribution in [0, 0.1) is 5.82 Å². The van der Waals surface area contributed by atoms with E-state index < -0.39 is 23.9 Å². The number of phenolic OH excluding ortho intramolecular Hbond substituents is 1. The van der Waals surface area contributed by atoms with Gasteiger partial charge in [0.15, 0.2) is 5.96 Å². The smallest absolute Gasteiger partial charge is 0.267 e. The second-order valence-electron chi connectivity index (χ2n) is 6.93. The van der Waals surface area contributed by atoms with Crippen LogP contribution in [0.3, 0.4) is 0 Å². The summed E-state index contributed by atoms with van der Waals surface area (Å²) in [6, 6.07) is 14.8. The molecule has 1 aliphatic rings. The maximum Gasteiger partial charge on any atom is 0.267 e. The average molecular weight is 408 g/mol. The summed E-state index contributed by atoms with van der Waals surface area (Å²) in [5, 5.41) is 10.4. The van der Waals surface area contributed by atoms with Crippen LogP contribution < -0.4 is 5.73 Å². The molecule has 152 valence electrons. The third kappa shape index (κ3) is 2.97. The van der Waals surface area contributed by atoms with Crippen molar-refractivity contribution >= 4 is 11.9 Å². The molecule has 30 heavy (non-hydrogen) atoms. The summed E-state index contributed by atoms with van der Waals surface area (Å²) in [6.07, 6.45) is 0. The number of aliphatic imine (C=N–C) groups is 1. The van der Waals surface area contributed by atoms with E-state index in [0.717, 1.165) is 0 Å². The largest absolute Gasteiger partial charge is 0.507 e. The minimum Gasteiger partial charge on any atom is -0.507 e. The number of guanidine groups is 1. The summed E-state index contributed by atoms with van der Waals surface area (Å²) in [5.41, 5.74) is 6.00. The molecule has 8 heteroatoms. The molecule has 1 unspecified atom stereocenters. The van der Waals surface area contributed by atoms with Crippen molar-refractivity contribution in [1.82, 2.24) is 9.88 Å². The number of nitrogens with two attached hydrogens (primary N) is 1. The number of benzene rings is 2. The van der Waals surface area contributed by atoms with Crippen LogP contribution in [-0.2, 0) is 17.0 Å². The van der Waals surface area contributed by atoms with E-state index in [1.165, 1.54) is 48.3 Å². The highest BCUT2D eigenvalue weighted by atomic mass is 19.1. The predicted octanol–water partition coefficient (Wildman–Crippen LogP) is 3.09. The van der Waals surface area contributed by atoms with Crippen LogP contribution in [0.2, 0.25) is 0 Å². The molecule has 1 amide bonds. The minimum atomic E-state index is -1.63. The van der Waals surface area contributed by atoms with Gasteiger partial charge in [-0.2, -0.15) is 0 Å². The maximum absolute atomic E-state index is 13.3. The number of hydrogen-bond donors (Lipinski definition) is 2. The molecule has 3 aromatic rings. The van der Waals surface area contributed by atoms with Crippen LogP contribution >= 0.6 is 0 Å². The summed E-state index contributed by atoms with van der Waals surface area (Å²) < 4.78 is 26.6. The normalized spacial score (nSPS) is 18.6. The van der Waals surface area contributed by atoms with Gasteiger partial charge >= 0.3 is 0 Å². The highest BCUT2D eigenvalue weighted by molar-refractivity contribution is 6.08. The van der Waals surface area contributed by atoms with Crippen LogP contribution in [0.5, 0.6) is 5.75 Å². The molecule has 4 rings (SSSR count). The molecule has 1 aromatic heterocycles. The molecule has 0 bridgehead atoms. The molecule has 0 saturated heterocycles. The van der Waals surface area contributed by atoms with Crippen molar-refractivity contribution in [1.29, 1.82) is 0 Å². The van der Waals surface area contributed by atoms with Crippen LogP contribution in [0.15, 0.2) is 65.7 Å². The first-order valence-corrected chi connectivity index (χ1v) is 9.12. The second-order valence-corrected chi connectivity index (χ2v) is 6.93. The van der Waals surface area contributed by atoms with Gasteiger partial charge < -0.3 is 10.8 Å². The first-order chi connectivity index (χ1) is 14.4. The van der Waals surface area contributed by atoms with Crippen LogP contribution in [-0.4, -0.2) is 33.9 Å². The lowest BCUT2D eigenvalue weighted by molar-refractivity contribution is -0.129. The number of aromatic nitrogens is 1. The van der Waals surface area contributed by atoms with Crippen LogP contribution in [0.25, 0.3) is 11.1 Å². The fourth-order valence-corrected chi connectivity index (χ4v) is 3.52. The monoisotopic (exact) mass is 408 g/mol. The number of aromatic hydroxyl groups is 1. The van der Waals surface area contributed by atoms with Gasteiger partial charge in [0.1, 0.15) is 18.2 Å². The lowest BCUT2D eigenvalue weighted by Crippen LogP contribution is -2.41. The topological polar surface area (TPSA) is 91.8 Å². The second kappa shape index (κ2) is 7.22. The summed E-state index contributed by atoms with van der Waals surface area (Å²) in [6.45, 7) is -0.802. The summed E-state index contributed by atoms with van der Waals surface area (Å²) in [5.74, 6) is -0.937. The Kier molecular flexibility index (Phi) is 4.69. The Balaban J connectivity index is 1.96. The lowest BCUT2D eigenvalue weighted by atomic mass is 9.84. The van der Waals surface area contributed by atoms with E-state index in [0.29, 0.717) is 16.7 Å². The number of amides is 1. The average Bonchev–Trinajstić information content (AvgIpc) is 2.99. The van der Waals surface area contributed by atoms with Gasteiger partial charge in [-0.1, -0.05) is 24.3 Å². The van der Waals surface area contributed by atoms with E-state index in [-0.39, 0.29) is 23.1 Å². The molecule has 6 nitrogen and oxygen atoms in total. The van der Waals surface area contributed by atoms with Gasteiger partial charge in [-0.3, -0.25) is 14.7 Å². The van der Waals surface area contributed by atoms with Crippen molar-refractivity contribution in [2.75, 3.05) is 7.05 Å². The fourth-order valence-electron chi connectivity index (χ4n) is 3.52. The zero-order chi connectivity index (χ0) is 21.5. The molecular weight excluding hydrogens is 390 g/mol. The Morgan fingerprint density at radius 2 is 1.87 bits per heavy atom. The van der Waals surface area contributed by atoms with Gasteiger partial charge in [-0.15, -0.1) is 0 Å². The molecular formula is C22H18F2N4O2. The molecule has 0 aliphatic carbocycles. The van der Waals surface area contributed by atoms with Crippen molar-refractivity contribution in [2.24, 2.45) is 10.7 Å². The van der Waals surface area contributed by atoms with E-state index >= 15 is 0 Å². The number of pyridine rings is 1. The minimum absolute atomic E-state index is 0.0103. The van der Waals surface area contributed by atoms with Crippen molar-refractivity contribution in [3.63, 3.8) is 0 Å². The Morgan fingerprint density at radius 3 is 2.50 bits per heavy atom. The maximum atomic E-state index is 13.3. The van der Waals surface area contributed by atoms with Gasteiger partial charge in [0.05, 0.1) is 11.4 Å². The number of carbonyl (C=O) groups excluding carboxylic acids is 1. The third-order valence-electron chi connectivity index (χ3n) is 5.12. The van der Waals surface area contributed by atoms with Gasteiger partial charge in [0, 0.05) is 12.6 Å². The lowest BCUT2D eigenvalue weighted by Gasteiger charge is -2.26. The molecule has 2 aromatic carbocycles. The summed E-state index contributed by atoms with van der Waals surface area (Å²) in [4.78, 5) is 23.2. The number of likely N-dealkylation sites (N-methyl/N-ethyl adjacent to an activating group) is 1. The Labute approximate surface area is 171 Å². The summed E-state index contributed by atoms with van der Waals surface area (Å²) >= 11 is 0. The van der Waals surface area contributed by atoms with Crippen molar-refractivity contribution in [3.8, 4) is 16.9 Å². The number of nitrogens with zero attached hydrogens (tertiary/aromatic N) is 3. The first kappa shape index (κ1) is 19.5. The van der Waals surface area contributed by atoms with Crippen LogP contribution in [0.1, 0.15) is 17.0 Å². The molecule has 2 heterocycles. The van der Waals surface area contributed by atoms with E-state index in [9.17, 15) is 18.7 Å². The number of phenols is 1. The van der Waals surface area contributed by atoms with Crippen molar-refractivity contribution in [3.05, 3.63) is 83.4 Å². The van der Waals surface area contributed by atoms with Crippen molar-refractivity contribution in [2.45, 2.75) is 12.2 Å². The molecule has 0 fully saturated rings. The van der Waals surface area contributed by atoms with Gasteiger partial charge in [-0.25, -0.2) is 13.8 Å². The SMILES string of the molecule is CN1C(=O)C(c2ccc(O)c(-c3ccc(F)cc3)c2)(c2cccc(CF)n2)N=C1N. The van der Waals surface area contributed by atoms with E-state index in [1.807, 2.05) is 0 Å². The highest BCUT2D eigenvalue weighted by Gasteiger charge is 2.51. The Hall–Kier alpha value is -3.81. The predicted molar refractivity (Wildman–Crippen MR) is 108 cm³/mol. The number of alkyl halides is 1. The van der Waals surface area contributed by atoms with Gasteiger partial charge in [-0.05, 0) is 47.5 Å². The Bertz CT molecular complexity index is 1160. The summed E-state index contributed by atoms with van der Waals surface area (Å²) in [7, 11) is 1.49. The van der Waals surface area contributed by atoms with Crippen molar-refractivity contribution < 1.29 is 18.7 Å². The van der Waals surface area contributed by atoms with Gasteiger partial charge in [0.25, 0.3) is 5.91 Å². The van der Waals surface area contributed by atoms with Gasteiger partial charge in [0.2, 0.25) is 5.54 Å². The molecule has 3 N–H and O–H groups in total.